The molecule has 2 rings (SSSR count). The number of carbonyl (C=O) groups excluding carboxylic acids is 2. The van der Waals surface area contributed by atoms with Crippen LogP contribution in [0.4, 0.5) is 0 Å². The van der Waals surface area contributed by atoms with Gasteiger partial charge in [0.25, 0.3) is 0 Å². The van der Waals surface area contributed by atoms with E-state index in [1.54, 1.807) is 0 Å². The molecule has 0 bridgehead atoms. The summed E-state index contributed by atoms with van der Waals surface area (Å²) in [5.74, 6) is 1.85. The van der Waals surface area contributed by atoms with E-state index in [9.17, 15) is 9.59 Å². The van der Waals surface area contributed by atoms with E-state index < -0.39 is 0 Å². The zero-order chi connectivity index (χ0) is 17.5. The molecule has 2 saturated heterocycles. The van der Waals surface area contributed by atoms with Crippen molar-refractivity contribution in [1.29, 1.82) is 0 Å². The molecule has 2 aliphatic heterocycles. The summed E-state index contributed by atoms with van der Waals surface area (Å²) < 4.78 is 0. The van der Waals surface area contributed by atoms with Crippen molar-refractivity contribution in [3.8, 4) is 0 Å². The summed E-state index contributed by atoms with van der Waals surface area (Å²) in [7, 11) is 0. The Hall–Kier alpha value is -0.810. The van der Waals surface area contributed by atoms with E-state index in [2.05, 4.69) is 31.4 Å². The van der Waals surface area contributed by atoms with Gasteiger partial charge in [-0.1, -0.05) is 27.2 Å². The quantitative estimate of drug-likeness (QED) is 0.721. The first-order valence-corrected chi connectivity index (χ1v) is 9.80. The Morgan fingerprint density at radius 3 is 2.60 bits per heavy atom. The van der Waals surface area contributed by atoms with Crippen LogP contribution in [0.5, 0.6) is 0 Å². The van der Waals surface area contributed by atoms with Gasteiger partial charge in [0, 0.05) is 26.1 Å². The average molecular weight is 374 g/mol. The van der Waals surface area contributed by atoms with Gasteiger partial charge in [0.15, 0.2) is 0 Å². The summed E-state index contributed by atoms with van der Waals surface area (Å²) in [6.45, 7) is 9.89. The number of carbonyl (C=O) groups is 2. The topological polar surface area (TPSA) is 61.4 Å². The van der Waals surface area contributed by atoms with Crippen molar-refractivity contribution < 1.29 is 9.59 Å². The van der Waals surface area contributed by atoms with Crippen molar-refractivity contribution in [2.45, 2.75) is 65.3 Å². The SMILES string of the molecule is CCC(CC(=O)N1CCCC(CNC(=O)C2CCCN2)C1)C(C)C.Cl. The molecular formula is C19H36ClN3O2. The molecule has 2 aliphatic rings. The smallest absolute Gasteiger partial charge is 0.237 e. The van der Waals surface area contributed by atoms with E-state index in [4.69, 9.17) is 0 Å². The molecule has 6 heteroatoms. The van der Waals surface area contributed by atoms with Crippen LogP contribution < -0.4 is 10.6 Å². The minimum absolute atomic E-state index is 0. The fourth-order valence-corrected chi connectivity index (χ4v) is 3.94. The van der Waals surface area contributed by atoms with Crippen molar-refractivity contribution in [1.82, 2.24) is 15.5 Å². The molecule has 3 atom stereocenters. The van der Waals surface area contributed by atoms with Crippen molar-refractivity contribution in [2.75, 3.05) is 26.2 Å². The summed E-state index contributed by atoms with van der Waals surface area (Å²) in [5.41, 5.74) is 0. The molecule has 0 radical (unpaired) electrons. The van der Waals surface area contributed by atoms with Gasteiger partial charge in [0.05, 0.1) is 6.04 Å². The lowest BCUT2D eigenvalue weighted by Gasteiger charge is -2.34. The number of hydrogen-bond acceptors (Lipinski definition) is 3. The van der Waals surface area contributed by atoms with Gasteiger partial charge in [0.1, 0.15) is 0 Å². The third-order valence-corrected chi connectivity index (χ3v) is 5.72. The molecule has 5 nitrogen and oxygen atoms in total. The number of nitrogens with one attached hydrogen (secondary N) is 2. The highest BCUT2D eigenvalue weighted by atomic mass is 35.5. The maximum Gasteiger partial charge on any atom is 0.237 e. The maximum absolute atomic E-state index is 12.6. The van der Waals surface area contributed by atoms with Crippen molar-refractivity contribution in [3.63, 3.8) is 0 Å². The highest BCUT2D eigenvalue weighted by molar-refractivity contribution is 5.85. The average Bonchev–Trinajstić information content (AvgIpc) is 3.12. The van der Waals surface area contributed by atoms with E-state index in [1.807, 2.05) is 4.90 Å². The van der Waals surface area contributed by atoms with Gasteiger partial charge in [-0.05, 0) is 50.0 Å². The summed E-state index contributed by atoms with van der Waals surface area (Å²) in [4.78, 5) is 26.7. The lowest BCUT2D eigenvalue weighted by atomic mass is 9.89. The summed E-state index contributed by atoms with van der Waals surface area (Å²) in [6, 6.07) is -0.0114. The van der Waals surface area contributed by atoms with E-state index >= 15 is 0 Å². The monoisotopic (exact) mass is 373 g/mol. The number of piperidine rings is 1. The first-order valence-electron chi connectivity index (χ1n) is 9.80. The largest absolute Gasteiger partial charge is 0.354 e. The molecule has 2 amide bonds. The number of halogens is 1. The second-order valence-electron chi connectivity index (χ2n) is 7.86. The molecule has 2 heterocycles. The highest BCUT2D eigenvalue weighted by Crippen LogP contribution is 2.23. The van der Waals surface area contributed by atoms with Gasteiger partial charge in [-0.15, -0.1) is 12.4 Å². The second-order valence-corrected chi connectivity index (χ2v) is 7.86. The normalized spacial score (nSPS) is 24.7. The molecule has 0 aromatic carbocycles. The lowest BCUT2D eigenvalue weighted by molar-refractivity contribution is -0.134. The number of hydrogen-bond donors (Lipinski definition) is 2. The predicted octanol–water partition coefficient (Wildman–Crippen LogP) is 2.59. The number of nitrogens with zero attached hydrogens (tertiary/aromatic N) is 1. The van der Waals surface area contributed by atoms with Crippen molar-refractivity contribution in [2.24, 2.45) is 17.8 Å². The highest BCUT2D eigenvalue weighted by Gasteiger charge is 2.27. The molecule has 146 valence electrons. The number of likely N-dealkylation sites (tertiary alicyclic amines) is 1. The predicted molar refractivity (Wildman–Crippen MR) is 104 cm³/mol. The Morgan fingerprint density at radius 1 is 1.24 bits per heavy atom. The van der Waals surface area contributed by atoms with Gasteiger partial charge in [-0.25, -0.2) is 0 Å². The molecule has 2 fully saturated rings. The van der Waals surface area contributed by atoms with Gasteiger partial charge in [-0.3, -0.25) is 9.59 Å². The van der Waals surface area contributed by atoms with Gasteiger partial charge >= 0.3 is 0 Å². The van der Waals surface area contributed by atoms with E-state index in [0.717, 1.165) is 51.7 Å². The number of rotatable bonds is 7. The Bertz CT molecular complexity index is 425. The van der Waals surface area contributed by atoms with E-state index in [1.165, 1.54) is 0 Å². The van der Waals surface area contributed by atoms with E-state index in [0.29, 0.717) is 36.6 Å². The molecular weight excluding hydrogens is 338 g/mol. The Kier molecular flexibility index (Phi) is 9.80. The fraction of sp³-hybridized carbons (Fsp3) is 0.895. The summed E-state index contributed by atoms with van der Waals surface area (Å²) in [6.07, 6.45) is 5.90. The number of amides is 2. The van der Waals surface area contributed by atoms with Crippen LogP contribution in [-0.4, -0.2) is 48.9 Å². The third kappa shape index (κ3) is 6.78. The summed E-state index contributed by atoms with van der Waals surface area (Å²) in [5, 5.41) is 6.32. The molecule has 0 aromatic heterocycles. The van der Waals surface area contributed by atoms with Crippen molar-refractivity contribution >= 4 is 24.2 Å². The molecule has 0 aromatic rings. The Labute approximate surface area is 159 Å². The summed E-state index contributed by atoms with van der Waals surface area (Å²) >= 11 is 0. The van der Waals surface area contributed by atoms with Crippen molar-refractivity contribution in [3.05, 3.63) is 0 Å². The minimum atomic E-state index is -0.0114. The van der Waals surface area contributed by atoms with Crippen LogP contribution >= 0.6 is 12.4 Å². The molecule has 25 heavy (non-hydrogen) atoms. The molecule has 2 N–H and O–H groups in total. The molecule has 3 unspecified atom stereocenters. The van der Waals surface area contributed by atoms with Crippen LogP contribution in [0.3, 0.4) is 0 Å². The second kappa shape index (κ2) is 11.0. The van der Waals surface area contributed by atoms with Crippen LogP contribution in [0.2, 0.25) is 0 Å². The van der Waals surface area contributed by atoms with Crippen LogP contribution in [0.1, 0.15) is 59.3 Å². The van der Waals surface area contributed by atoms with Crippen LogP contribution in [0.15, 0.2) is 0 Å². The zero-order valence-corrected chi connectivity index (χ0v) is 16.9. The molecule has 0 saturated carbocycles. The Morgan fingerprint density at radius 2 is 2.00 bits per heavy atom. The fourth-order valence-electron chi connectivity index (χ4n) is 3.94. The molecule has 0 spiro atoms. The lowest BCUT2D eigenvalue weighted by Crippen LogP contribution is -2.47. The standard InChI is InChI=1S/C19H35N3O2.ClH/c1-4-16(14(2)3)11-18(23)22-10-6-7-15(13-22)12-21-19(24)17-8-5-9-20-17;/h14-17,20H,4-13H2,1-3H3,(H,21,24);1H. The van der Waals surface area contributed by atoms with Crippen LogP contribution in [0, 0.1) is 17.8 Å². The van der Waals surface area contributed by atoms with Gasteiger partial charge in [0.2, 0.25) is 11.8 Å². The van der Waals surface area contributed by atoms with Crippen LogP contribution in [0.25, 0.3) is 0 Å². The van der Waals surface area contributed by atoms with Gasteiger partial charge in [-0.2, -0.15) is 0 Å². The maximum atomic E-state index is 12.6. The van der Waals surface area contributed by atoms with Gasteiger partial charge < -0.3 is 15.5 Å². The third-order valence-electron chi connectivity index (χ3n) is 5.72. The van der Waals surface area contributed by atoms with Crippen LogP contribution in [-0.2, 0) is 9.59 Å². The first-order chi connectivity index (χ1) is 11.5. The first kappa shape index (κ1) is 22.2. The van der Waals surface area contributed by atoms with E-state index in [-0.39, 0.29) is 24.4 Å². The zero-order valence-electron chi connectivity index (χ0n) is 16.1. The molecule has 0 aliphatic carbocycles. The minimum Gasteiger partial charge on any atom is -0.354 e. The Balaban J connectivity index is 0.00000312.